The quantitative estimate of drug-likeness (QED) is 0.449. The van der Waals surface area contributed by atoms with Crippen LogP contribution in [-0.2, 0) is 4.74 Å². The summed E-state index contributed by atoms with van der Waals surface area (Å²) in [6.45, 7) is 2.36. The molecule has 0 aliphatic carbocycles. The van der Waals surface area contributed by atoms with E-state index < -0.39 is 0 Å². The van der Waals surface area contributed by atoms with Gasteiger partial charge in [0.15, 0.2) is 6.40 Å². The van der Waals surface area contributed by atoms with E-state index in [9.17, 15) is 5.26 Å². The molecule has 0 N–H and O–H groups in total. The largest absolute Gasteiger partial charge is 0.497 e. The Kier molecular flexibility index (Phi) is 5.17. The Morgan fingerprint density at radius 3 is 2.62 bits per heavy atom. The number of fused-ring (bicyclic) bond motifs is 3. The summed E-state index contributed by atoms with van der Waals surface area (Å²) < 4.78 is 16.7. The van der Waals surface area contributed by atoms with Crippen molar-refractivity contribution in [3.63, 3.8) is 0 Å². The molecule has 0 aromatic heterocycles. The molecule has 0 fully saturated rings. The molecule has 1 atom stereocenters. The van der Waals surface area contributed by atoms with Gasteiger partial charge in [-0.15, -0.1) is 0 Å². The van der Waals surface area contributed by atoms with Crippen LogP contribution in [0, 0.1) is 11.3 Å². The number of nitriles is 1. The Morgan fingerprint density at radius 2 is 1.90 bits per heavy atom. The average Bonchev–Trinajstić information content (AvgIpc) is 2.78. The molecule has 1 unspecified atom stereocenters. The molecule has 0 bridgehead atoms. The van der Waals surface area contributed by atoms with Crippen molar-refractivity contribution in [1.82, 2.24) is 0 Å². The van der Waals surface area contributed by atoms with Crippen LogP contribution < -0.4 is 9.47 Å². The average molecular weight is 384 g/mol. The molecule has 0 saturated heterocycles. The van der Waals surface area contributed by atoms with Crippen molar-refractivity contribution in [3.05, 3.63) is 83.2 Å². The van der Waals surface area contributed by atoms with Crippen LogP contribution in [0.3, 0.4) is 0 Å². The molecule has 0 saturated carbocycles. The second kappa shape index (κ2) is 8.07. The summed E-state index contributed by atoms with van der Waals surface area (Å²) >= 11 is 0. The van der Waals surface area contributed by atoms with Gasteiger partial charge in [-0.05, 0) is 30.0 Å². The molecule has 4 rings (SSSR count). The van der Waals surface area contributed by atoms with Crippen LogP contribution in [0.5, 0.6) is 11.5 Å². The van der Waals surface area contributed by atoms with Crippen LogP contribution in [-0.4, -0.2) is 20.1 Å². The Bertz CT molecular complexity index is 1140. The first-order valence-electron chi connectivity index (χ1n) is 9.38. The van der Waals surface area contributed by atoms with E-state index in [1.165, 1.54) is 6.40 Å². The second-order valence-electron chi connectivity index (χ2n) is 6.53. The number of hydrogen-bond acceptors (Lipinski definition) is 5. The van der Waals surface area contributed by atoms with E-state index in [0.29, 0.717) is 17.9 Å². The molecular weight excluding hydrogens is 364 g/mol. The third kappa shape index (κ3) is 3.41. The molecule has 1 aliphatic heterocycles. The molecule has 144 valence electrons. The van der Waals surface area contributed by atoms with Crippen LogP contribution in [0.15, 0.2) is 77.1 Å². The fraction of sp³-hybridized carbons (Fsp3) is 0.167. The third-order valence-corrected chi connectivity index (χ3v) is 4.92. The summed E-state index contributed by atoms with van der Waals surface area (Å²) in [5.74, 6) is 1.43. The van der Waals surface area contributed by atoms with Crippen LogP contribution in [0.4, 0.5) is 0 Å². The van der Waals surface area contributed by atoms with E-state index in [2.05, 4.69) is 17.1 Å². The van der Waals surface area contributed by atoms with Crippen molar-refractivity contribution >= 4 is 17.2 Å². The summed E-state index contributed by atoms with van der Waals surface area (Å²) in [5.41, 5.74) is 2.33. The van der Waals surface area contributed by atoms with Crippen molar-refractivity contribution in [1.29, 1.82) is 5.26 Å². The van der Waals surface area contributed by atoms with E-state index in [1.54, 1.807) is 7.11 Å². The maximum absolute atomic E-state index is 9.96. The van der Waals surface area contributed by atoms with Gasteiger partial charge < -0.3 is 14.2 Å². The number of nitrogens with zero attached hydrogens (tertiary/aromatic N) is 2. The van der Waals surface area contributed by atoms with Gasteiger partial charge in [0, 0.05) is 10.9 Å². The Hall–Kier alpha value is -3.78. The van der Waals surface area contributed by atoms with Crippen LogP contribution in [0.1, 0.15) is 24.0 Å². The lowest BCUT2D eigenvalue weighted by molar-refractivity contribution is 0.336. The highest BCUT2D eigenvalue weighted by molar-refractivity contribution is 5.91. The molecule has 0 radical (unpaired) electrons. The van der Waals surface area contributed by atoms with E-state index in [-0.39, 0.29) is 11.8 Å². The summed E-state index contributed by atoms with van der Waals surface area (Å²) in [6, 6.07) is 22.1. The number of benzene rings is 3. The summed E-state index contributed by atoms with van der Waals surface area (Å²) in [5, 5.41) is 12.0. The summed E-state index contributed by atoms with van der Waals surface area (Å²) in [4.78, 5) is 4.30. The maximum atomic E-state index is 9.96. The number of methoxy groups -OCH3 is 1. The number of rotatable bonds is 5. The van der Waals surface area contributed by atoms with E-state index in [1.807, 2.05) is 61.5 Å². The van der Waals surface area contributed by atoms with Gasteiger partial charge in [0.2, 0.25) is 5.88 Å². The van der Waals surface area contributed by atoms with Gasteiger partial charge >= 0.3 is 0 Å². The monoisotopic (exact) mass is 384 g/mol. The van der Waals surface area contributed by atoms with Gasteiger partial charge in [-0.1, -0.05) is 48.5 Å². The first kappa shape index (κ1) is 18.6. The highest BCUT2D eigenvalue weighted by Gasteiger charge is 2.32. The molecule has 29 heavy (non-hydrogen) atoms. The minimum atomic E-state index is -0.298. The SMILES string of the molecule is CCO/C=N/C1=C(C#N)C(c2ccc(OC)cc2)c2ccc3ccccc3c2O1. The van der Waals surface area contributed by atoms with Gasteiger partial charge in [0.1, 0.15) is 23.1 Å². The summed E-state index contributed by atoms with van der Waals surface area (Å²) in [7, 11) is 1.63. The zero-order valence-electron chi connectivity index (χ0n) is 16.3. The Labute approximate surface area is 169 Å². The zero-order valence-corrected chi connectivity index (χ0v) is 16.3. The Morgan fingerprint density at radius 1 is 1.10 bits per heavy atom. The second-order valence-corrected chi connectivity index (χ2v) is 6.53. The normalized spacial score (nSPS) is 15.7. The molecule has 5 heteroatoms. The minimum absolute atomic E-state index is 0.255. The zero-order chi connectivity index (χ0) is 20.2. The van der Waals surface area contributed by atoms with Crippen LogP contribution >= 0.6 is 0 Å². The van der Waals surface area contributed by atoms with Gasteiger partial charge in [0.25, 0.3) is 0 Å². The number of aliphatic imine (C=N–C) groups is 1. The van der Waals surface area contributed by atoms with E-state index in [4.69, 9.17) is 14.2 Å². The van der Waals surface area contributed by atoms with Crippen LogP contribution in [0.2, 0.25) is 0 Å². The van der Waals surface area contributed by atoms with Crippen molar-refractivity contribution in [2.45, 2.75) is 12.8 Å². The lowest BCUT2D eigenvalue weighted by atomic mass is 9.82. The van der Waals surface area contributed by atoms with Crippen molar-refractivity contribution in [2.75, 3.05) is 13.7 Å². The molecule has 5 nitrogen and oxygen atoms in total. The highest BCUT2D eigenvalue weighted by Crippen LogP contribution is 2.46. The fourth-order valence-corrected chi connectivity index (χ4v) is 3.54. The third-order valence-electron chi connectivity index (χ3n) is 4.92. The smallest absolute Gasteiger partial charge is 0.236 e. The van der Waals surface area contributed by atoms with Crippen molar-refractivity contribution in [2.24, 2.45) is 4.99 Å². The number of ether oxygens (including phenoxy) is 3. The predicted molar refractivity (Wildman–Crippen MR) is 112 cm³/mol. The Balaban J connectivity index is 1.94. The lowest BCUT2D eigenvalue weighted by Crippen LogP contribution is -2.16. The van der Waals surface area contributed by atoms with Gasteiger partial charge in [0.05, 0.1) is 19.6 Å². The topological polar surface area (TPSA) is 63.8 Å². The maximum Gasteiger partial charge on any atom is 0.236 e. The van der Waals surface area contributed by atoms with Gasteiger partial charge in [-0.3, -0.25) is 0 Å². The molecule has 3 aromatic carbocycles. The molecule has 3 aromatic rings. The van der Waals surface area contributed by atoms with Crippen molar-refractivity contribution in [3.8, 4) is 17.6 Å². The van der Waals surface area contributed by atoms with E-state index in [0.717, 1.165) is 27.6 Å². The predicted octanol–water partition coefficient (Wildman–Crippen LogP) is 5.17. The van der Waals surface area contributed by atoms with Gasteiger partial charge in [-0.2, -0.15) is 10.3 Å². The molecule has 1 aliphatic rings. The van der Waals surface area contributed by atoms with Crippen molar-refractivity contribution < 1.29 is 14.2 Å². The molecular formula is C24H20N2O3. The number of hydrogen-bond donors (Lipinski definition) is 0. The first-order valence-corrected chi connectivity index (χ1v) is 9.38. The fourth-order valence-electron chi connectivity index (χ4n) is 3.54. The lowest BCUT2D eigenvalue weighted by Gasteiger charge is -2.27. The summed E-state index contributed by atoms with van der Waals surface area (Å²) in [6.07, 6.45) is 1.33. The standard InChI is InChI=1S/C24H20N2O3/c1-3-28-15-26-24-21(14-25)22(17-8-11-18(27-2)12-9-17)20-13-10-16-6-4-5-7-19(16)23(20)29-24/h4-13,15,22H,3H2,1-2H3/b26-15+. The molecule has 0 spiro atoms. The minimum Gasteiger partial charge on any atom is -0.497 e. The van der Waals surface area contributed by atoms with E-state index >= 15 is 0 Å². The van der Waals surface area contributed by atoms with Gasteiger partial charge in [-0.25, -0.2) is 0 Å². The number of allylic oxidation sites excluding steroid dienone is 1. The first-order chi connectivity index (χ1) is 14.3. The highest BCUT2D eigenvalue weighted by atomic mass is 16.5. The molecule has 1 heterocycles. The molecule has 0 amide bonds. The van der Waals surface area contributed by atoms with Crippen LogP contribution in [0.25, 0.3) is 10.8 Å².